The van der Waals surface area contributed by atoms with E-state index in [1.54, 1.807) is 12.4 Å². The van der Waals surface area contributed by atoms with Crippen molar-refractivity contribution in [2.24, 2.45) is 0 Å². The van der Waals surface area contributed by atoms with Crippen molar-refractivity contribution in [1.29, 1.82) is 0 Å². The van der Waals surface area contributed by atoms with E-state index in [0.29, 0.717) is 11.5 Å². The molecule has 1 aromatic carbocycles. The van der Waals surface area contributed by atoms with Crippen LogP contribution in [0.25, 0.3) is 0 Å². The molecule has 2 N–H and O–H groups in total. The van der Waals surface area contributed by atoms with Crippen molar-refractivity contribution in [2.75, 3.05) is 23.3 Å². The van der Waals surface area contributed by atoms with Gasteiger partial charge in [-0.3, -0.25) is 4.79 Å². The summed E-state index contributed by atoms with van der Waals surface area (Å²) < 4.78 is 0. The van der Waals surface area contributed by atoms with E-state index in [9.17, 15) is 4.79 Å². The Labute approximate surface area is 148 Å². The maximum atomic E-state index is 12.0. The highest BCUT2D eigenvalue weighted by atomic mass is 16.1. The van der Waals surface area contributed by atoms with Gasteiger partial charge >= 0.3 is 0 Å². The maximum absolute atomic E-state index is 12.0. The third-order valence-electron chi connectivity index (χ3n) is 4.50. The van der Waals surface area contributed by atoms with E-state index in [-0.39, 0.29) is 11.9 Å². The summed E-state index contributed by atoms with van der Waals surface area (Å²) in [5, 5.41) is 6.07. The SMILES string of the molecule is CCC(C)NC(=O)c1cnc(Nc2ccc(N3CCCC3)cc2)nc1. The number of amides is 1. The Morgan fingerprint density at radius 2 is 1.80 bits per heavy atom. The Morgan fingerprint density at radius 1 is 1.16 bits per heavy atom. The molecule has 0 aliphatic carbocycles. The zero-order valence-electron chi connectivity index (χ0n) is 14.8. The predicted molar refractivity (Wildman–Crippen MR) is 100 cm³/mol. The molecule has 2 aromatic rings. The van der Waals surface area contributed by atoms with Crippen LogP contribution in [-0.4, -0.2) is 35.0 Å². The van der Waals surface area contributed by atoms with Crippen LogP contribution in [0.5, 0.6) is 0 Å². The van der Waals surface area contributed by atoms with Crippen molar-refractivity contribution in [3.63, 3.8) is 0 Å². The zero-order valence-corrected chi connectivity index (χ0v) is 14.8. The minimum atomic E-state index is -0.143. The summed E-state index contributed by atoms with van der Waals surface area (Å²) in [4.78, 5) is 22.9. The van der Waals surface area contributed by atoms with Crippen molar-refractivity contribution < 1.29 is 4.79 Å². The highest BCUT2D eigenvalue weighted by molar-refractivity contribution is 5.93. The molecule has 1 aromatic heterocycles. The van der Waals surface area contributed by atoms with E-state index in [1.165, 1.54) is 18.5 Å². The smallest absolute Gasteiger partial charge is 0.254 e. The Kier molecular flexibility index (Phi) is 5.48. The molecule has 0 saturated carbocycles. The number of nitrogens with one attached hydrogen (secondary N) is 2. The molecule has 3 rings (SSSR count). The van der Waals surface area contributed by atoms with Crippen LogP contribution in [0.15, 0.2) is 36.7 Å². The second-order valence-electron chi connectivity index (χ2n) is 6.44. The van der Waals surface area contributed by atoms with E-state index in [4.69, 9.17) is 0 Å². The van der Waals surface area contributed by atoms with Crippen LogP contribution in [0.2, 0.25) is 0 Å². The van der Waals surface area contributed by atoms with Crippen molar-refractivity contribution in [3.8, 4) is 0 Å². The molecule has 0 radical (unpaired) electrons. The normalized spacial score (nSPS) is 15.0. The van der Waals surface area contributed by atoms with Gasteiger partial charge in [0.15, 0.2) is 0 Å². The van der Waals surface area contributed by atoms with E-state index in [0.717, 1.165) is 25.2 Å². The Hall–Kier alpha value is -2.63. The number of aromatic nitrogens is 2. The highest BCUT2D eigenvalue weighted by Gasteiger charge is 2.12. The maximum Gasteiger partial charge on any atom is 0.254 e. The predicted octanol–water partition coefficient (Wildman–Crippen LogP) is 3.35. The van der Waals surface area contributed by atoms with E-state index in [1.807, 2.05) is 26.0 Å². The largest absolute Gasteiger partial charge is 0.372 e. The summed E-state index contributed by atoms with van der Waals surface area (Å²) in [6, 6.07) is 8.42. The van der Waals surface area contributed by atoms with E-state index in [2.05, 4.69) is 37.6 Å². The minimum Gasteiger partial charge on any atom is -0.372 e. The van der Waals surface area contributed by atoms with E-state index >= 15 is 0 Å². The van der Waals surface area contributed by atoms with Gasteiger partial charge < -0.3 is 15.5 Å². The van der Waals surface area contributed by atoms with Gasteiger partial charge in [-0.15, -0.1) is 0 Å². The molecule has 0 spiro atoms. The highest BCUT2D eigenvalue weighted by Crippen LogP contribution is 2.23. The summed E-state index contributed by atoms with van der Waals surface area (Å²) in [6.45, 7) is 6.27. The lowest BCUT2D eigenvalue weighted by Crippen LogP contribution is -2.32. The van der Waals surface area contributed by atoms with Gasteiger partial charge in [0.2, 0.25) is 5.95 Å². The van der Waals surface area contributed by atoms with Gasteiger partial charge in [-0.2, -0.15) is 0 Å². The average molecular weight is 339 g/mol. The number of carbonyl (C=O) groups is 1. The average Bonchev–Trinajstić information content (AvgIpc) is 3.17. The molecule has 1 saturated heterocycles. The molecule has 6 heteroatoms. The third-order valence-corrected chi connectivity index (χ3v) is 4.50. The number of carbonyl (C=O) groups excluding carboxylic acids is 1. The first-order valence-electron chi connectivity index (χ1n) is 8.90. The van der Waals surface area contributed by atoms with Crippen LogP contribution in [0.3, 0.4) is 0 Å². The number of hydrogen-bond acceptors (Lipinski definition) is 5. The molecule has 6 nitrogen and oxygen atoms in total. The van der Waals surface area contributed by atoms with Crippen LogP contribution in [0.1, 0.15) is 43.5 Å². The Morgan fingerprint density at radius 3 is 2.40 bits per heavy atom. The van der Waals surface area contributed by atoms with Gasteiger partial charge in [0.05, 0.1) is 5.56 Å². The first-order chi connectivity index (χ1) is 12.2. The molecule has 1 aliphatic rings. The molecule has 1 fully saturated rings. The number of hydrogen-bond donors (Lipinski definition) is 2. The van der Waals surface area contributed by atoms with Crippen molar-refractivity contribution in [2.45, 2.75) is 39.2 Å². The fourth-order valence-corrected chi connectivity index (χ4v) is 2.78. The lowest BCUT2D eigenvalue weighted by atomic mass is 10.2. The Balaban J connectivity index is 1.60. The van der Waals surface area contributed by atoms with Crippen molar-refractivity contribution in [3.05, 3.63) is 42.2 Å². The number of rotatable bonds is 6. The summed E-state index contributed by atoms with van der Waals surface area (Å²) in [7, 11) is 0. The van der Waals surface area contributed by atoms with Gasteiger partial charge in [-0.1, -0.05) is 6.92 Å². The first kappa shape index (κ1) is 17.2. The molecule has 2 heterocycles. The molecule has 132 valence electrons. The number of benzene rings is 1. The van der Waals surface area contributed by atoms with E-state index < -0.39 is 0 Å². The van der Waals surface area contributed by atoms with Crippen molar-refractivity contribution in [1.82, 2.24) is 15.3 Å². The zero-order chi connectivity index (χ0) is 17.6. The number of anilines is 3. The molecule has 1 amide bonds. The van der Waals surface area contributed by atoms with Crippen LogP contribution in [-0.2, 0) is 0 Å². The van der Waals surface area contributed by atoms with Crippen molar-refractivity contribution >= 4 is 23.2 Å². The monoisotopic (exact) mass is 339 g/mol. The standard InChI is InChI=1S/C19H25N5O/c1-3-14(2)22-18(25)15-12-20-19(21-13-15)23-16-6-8-17(9-7-16)24-10-4-5-11-24/h6-9,12-14H,3-5,10-11H2,1-2H3,(H,22,25)(H,20,21,23). The Bertz CT molecular complexity index is 693. The van der Waals surface area contributed by atoms with Crippen LogP contribution in [0.4, 0.5) is 17.3 Å². The topological polar surface area (TPSA) is 70.2 Å². The van der Waals surface area contributed by atoms with Crippen LogP contribution in [0, 0.1) is 0 Å². The summed E-state index contributed by atoms with van der Waals surface area (Å²) in [5.41, 5.74) is 2.65. The summed E-state index contributed by atoms with van der Waals surface area (Å²) in [6.07, 6.45) is 6.52. The molecule has 1 aliphatic heterocycles. The molecule has 0 bridgehead atoms. The number of nitrogens with zero attached hydrogens (tertiary/aromatic N) is 3. The van der Waals surface area contributed by atoms with Gasteiger partial charge in [0, 0.05) is 42.9 Å². The molecule has 25 heavy (non-hydrogen) atoms. The quantitative estimate of drug-likeness (QED) is 0.844. The van der Waals surface area contributed by atoms with Gasteiger partial charge in [0.25, 0.3) is 5.91 Å². The molecular weight excluding hydrogens is 314 g/mol. The fourth-order valence-electron chi connectivity index (χ4n) is 2.78. The fraction of sp³-hybridized carbons (Fsp3) is 0.421. The summed E-state index contributed by atoms with van der Waals surface area (Å²) >= 11 is 0. The summed E-state index contributed by atoms with van der Waals surface area (Å²) in [5.74, 6) is 0.338. The second kappa shape index (κ2) is 7.96. The van der Waals surface area contributed by atoms with Gasteiger partial charge in [0.1, 0.15) is 0 Å². The van der Waals surface area contributed by atoms with Gasteiger partial charge in [-0.25, -0.2) is 9.97 Å². The first-order valence-corrected chi connectivity index (χ1v) is 8.90. The minimum absolute atomic E-state index is 0.138. The molecule has 1 atom stereocenters. The lowest BCUT2D eigenvalue weighted by Gasteiger charge is -2.17. The van der Waals surface area contributed by atoms with Crippen LogP contribution < -0.4 is 15.5 Å². The van der Waals surface area contributed by atoms with Gasteiger partial charge in [-0.05, 0) is 50.5 Å². The second-order valence-corrected chi connectivity index (χ2v) is 6.44. The molecular formula is C19H25N5O. The third kappa shape index (κ3) is 4.47. The van der Waals surface area contributed by atoms with Crippen LogP contribution >= 0.6 is 0 Å². The lowest BCUT2D eigenvalue weighted by molar-refractivity contribution is 0.0938. The molecule has 1 unspecified atom stereocenters.